The molecule has 2 atom stereocenters. The minimum Gasteiger partial charge on any atom is -0.481 e. The average Bonchev–Trinajstić information content (AvgIpc) is 2.60. The predicted octanol–water partition coefficient (Wildman–Crippen LogP) is 0.308. The van der Waals surface area contributed by atoms with Crippen LogP contribution in [-0.4, -0.2) is 47.6 Å². The van der Waals surface area contributed by atoms with Crippen LogP contribution in [-0.2, 0) is 9.59 Å². The van der Waals surface area contributed by atoms with Crippen molar-refractivity contribution in [1.82, 2.24) is 10.2 Å². The number of carbonyl (C=O) groups excluding carboxylic acids is 1. The van der Waals surface area contributed by atoms with Gasteiger partial charge in [0, 0.05) is 12.6 Å². The fourth-order valence-electron chi connectivity index (χ4n) is 2.10. The predicted molar refractivity (Wildman–Crippen MR) is 60.1 cm³/mol. The fourth-order valence-corrected chi connectivity index (χ4v) is 2.10. The van der Waals surface area contributed by atoms with Crippen LogP contribution in [0, 0.1) is 5.92 Å². The van der Waals surface area contributed by atoms with Crippen LogP contribution in [0.5, 0.6) is 0 Å². The Morgan fingerprint density at radius 1 is 1.50 bits per heavy atom. The van der Waals surface area contributed by atoms with E-state index in [1.54, 1.807) is 4.90 Å². The molecule has 16 heavy (non-hydrogen) atoms. The van der Waals surface area contributed by atoms with Gasteiger partial charge >= 0.3 is 5.97 Å². The monoisotopic (exact) mass is 228 g/mol. The van der Waals surface area contributed by atoms with Crippen LogP contribution < -0.4 is 5.32 Å². The topological polar surface area (TPSA) is 69.6 Å². The molecule has 5 heteroatoms. The molecule has 1 amide bonds. The summed E-state index contributed by atoms with van der Waals surface area (Å²) in [5.41, 5.74) is 0. The molecule has 5 nitrogen and oxygen atoms in total. The number of nitrogens with one attached hydrogen (secondary N) is 1. The Balaban J connectivity index is 2.43. The number of nitrogens with zero attached hydrogens (tertiary/aromatic N) is 1. The molecule has 1 saturated heterocycles. The van der Waals surface area contributed by atoms with Crippen LogP contribution in [0.2, 0.25) is 0 Å². The zero-order valence-corrected chi connectivity index (χ0v) is 9.90. The van der Waals surface area contributed by atoms with Gasteiger partial charge in [-0.15, -0.1) is 0 Å². The van der Waals surface area contributed by atoms with Crippen molar-refractivity contribution >= 4 is 11.9 Å². The molecule has 1 rings (SSSR count). The van der Waals surface area contributed by atoms with E-state index >= 15 is 0 Å². The number of carboxylic acid groups (broad SMARTS) is 1. The number of likely N-dealkylation sites (tertiary alicyclic amines) is 1. The van der Waals surface area contributed by atoms with Crippen LogP contribution in [0.3, 0.4) is 0 Å². The number of aliphatic carboxylic acids is 1. The summed E-state index contributed by atoms with van der Waals surface area (Å²) < 4.78 is 0. The second kappa shape index (κ2) is 5.84. The Morgan fingerprint density at radius 3 is 2.69 bits per heavy atom. The molecule has 0 aliphatic carbocycles. The number of hydrogen-bond acceptors (Lipinski definition) is 3. The second-order valence-electron chi connectivity index (χ2n) is 4.24. The molecule has 0 aromatic carbocycles. The minimum atomic E-state index is -0.802. The number of carboxylic acids is 1. The Hall–Kier alpha value is -1.10. The molecule has 0 spiro atoms. The largest absolute Gasteiger partial charge is 0.481 e. The average molecular weight is 228 g/mol. The maximum absolute atomic E-state index is 11.8. The van der Waals surface area contributed by atoms with Gasteiger partial charge in [-0.05, 0) is 26.3 Å². The van der Waals surface area contributed by atoms with Gasteiger partial charge in [0.1, 0.15) is 0 Å². The summed E-state index contributed by atoms with van der Waals surface area (Å²) in [5.74, 6) is -1.20. The molecule has 2 unspecified atom stereocenters. The third-order valence-electron chi connectivity index (χ3n) is 3.10. The first-order valence-electron chi connectivity index (χ1n) is 5.81. The number of carbonyl (C=O) groups is 2. The van der Waals surface area contributed by atoms with Gasteiger partial charge < -0.3 is 15.3 Å². The first-order chi connectivity index (χ1) is 7.57. The Bertz CT molecular complexity index is 268. The molecule has 1 aliphatic rings. The summed E-state index contributed by atoms with van der Waals surface area (Å²) >= 11 is 0. The normalized spacial score (nSPS) is 24.8. The molecule has 2 N–H and O–H groups in total. The molecule has 0 bridgehead atoms. The van der Waals surface area contributed by atoms with E-state index in [1.165, 1.54) is 0 Å². The van der Waals surface area contributed by atoms with Gasteiger partial charge in [-0.2, -0.15) is 0 Å². The highest BCUT2D eigenvalue weighted by atomic mass is 16.4. The van der Waals surface area contributed by atoms with E-state index in [0.717, 1.165) is 13.0 Å². The number of amides is 1. The Morgan fingerprint density at radius 2 is 2.19 bits per heavy atom. The van der Waals surface area contributed by atoms with Gasteiger partial charge in [-0.3, -0.25) is 9.59 Å². The molecular weight excluding hydrogens is 208 g/mol. The van der Waals surface area contributed by atoms with Crippen LogP contribution >= 0.6 is 0 Å². The molecule has 92 valence electrons. The van der Waals surface area contributed by atoms with E-state index in [2.05, 4.69) is 5.32 Å². The van der Waals surface area contributed by atoms with Crippen molar-refractivity contribution in [1.29, 1.82) is 0 Å². The van der Waals surface area contributed by atoms with Gasteiger partial charge in [-0.1, -0.05) is 6.92 Å². The van der Waals surface area contributed by atoms with Crippen LogP contribution in [0.1, 0.15) is 26.7 Å². The zero-order chi connectivity index (χ0) is 12.1. The summed E-state index contributed by atoms with van der Waals surface area (Å²) in [4.78, 5) is 24.3. The summed E-state index contributed by atoms with van der Waals surface area (Å²) in [7, 11) is 0. The van der Waals surface area contributed by atoms with E-state index in [9.17, 15) is 9.59 Å². The van der Waals surface area contributed by atoms with Crippen molar-refractivity contribution in [3.05, 3.63) is 0 Å². The third-order valence-corrected chi connectivity index (χ3v) is 3.10. The first-order valence-corrected chi connectivity index (χ1v) is 5.81. The zero-order valence-electron chi connectivity index (χ0n) is 9.90. The van der Waals surface area contributed by atoms with E-state index < -0.39 is 11.9 Å². The van der Waals surface area contributed by atoms with Gasteiger partial charge in [0.2, 0.25) is 5.91 Å². The van der Waals surface area contributed by atoms with Crippen molar-refractivity contribution in [2.45, 2.75) is 32.7 Å². The summed E-state index contributed by atoms with van der Waals surface area (Å²) in [6, 6.07) is -0.187. The lowest BCUT2D eigenvalue weighted by molar-refractivity contribution is -0.142. The third kappa shape index (κ3) is 2.95. The van der Waals surface area contributed by atoms with Crippen molar-refractivity contribution in [3.8, 4) is 0 Å². The standard InChI is InChI=1S/C11H20N2O3/c1-3-5-12-7-10(14)13-6-4-9(8(13)2)11(15)16/h8-9,12H,3-7H2,1-2H3,(H,15,16). The highest BCUT2D eigenvalue weighted by Gasteiger charge is 2.37. The Kier molecular flexibility index (Phi) is 4.73. The van der Waals surface area contributed by atoms with Crippen LogP contribution in [0.4, 0.5) is 0 Å². The number of rotatable bonds is 5. The molecule has 1 heterocycles. The first kappa shape index (κ1) is 13.0. The summed E-state index contributed by atoms with van der Waals surface area (Å²) in [6.45, 7) is 5.53. The van der Waals surface area contributed by atoms with Gasteiger partial charge in [0.05, 0.1) is 12.5 Å². The lowest BCUT2D eigenvalue weighted by Gasteiger charge is -2.23. The van der Waals surface area contributed by atoms with Crippen molar-refractivity contribution in [3.63, 3.8) is 0 Å². The molecule has 0 aromatic heterocycles. The highest BCUT2D eigenvalue weighted by Crippen LogP contribution is 2.23. The Labute approximate surface area is 95.8 Å². The van der Waals surface area contributed by atoms with Crippen LogP contribution in [0.15, 0.2) is 0 Å². The van der Waals surface area contributed by atoms with Crippen molar-refractivity contribution in [2.24, 2.45) is 5.92 Å². The maximum atomic E-state index is 11.8. The fraction of sp³-hybridized carbons (Fsp3) is 0.818. The lowest BCUT2D eigenvalue weighted by atomic mass is 10.0. The SMILES string of the molecule is CCCNCC(=O)N1CCC(C(=O)O)C1C. The molecule has 0 saturated carbocycles. The second-order valence-corrected chi connectivity index (χ2v) is 4.24. The van der Waals surface area contributed by atoms with Crippen molar-refractivity contribution < 1.29 is 14.7 Å². The summed E-state index contributed by atoms with van der Waals surface area (Å²) in [5, 5.41) is 12.0. The van der Waals surface area contributed by atoms with Crippen molar-refractivity contribution in [2.75, 3.05) is 19.6 Å². The van der Waals surface area contributed by atoms with E-state index in [0.29, 0.717) is 19.5 Å². The van der Waals surface area contributed by atoms with Gasteiger partial charge in [0.15, 0.2) is 0 Å². The van der Waals surface area contributed by atoms with E-state index in [-0.39, 0.29) is 11.9 Å². The smallest absolute Gasteiger partial charge is 0.308 e. The molecule has 0 aromatic rings. The highest BCUT2D eigenvalue weighted by molar-refractivity contribution is 5.81. The molecule has 1 fully saturated rings. The lowest BCUT2D eigenvalue weighted by Crippen LogP contribution is -2.42. The van der Waals surface area contributed by atoms with E-state index in [4.69, 9.17) is 5.11 Å². The maximum Gasteiger partial charge on any atom is 0.308 e. The quantitative estimate of drug-likeness (QED) is 0.664. The molecule has 0 radical (unpaired) electrons. The van der Waals surface area contributed by atoms with Gasteiger partial charge in [-0.25, -0.2) is 0 Å². The van der Waals surface area contributed by atoms with E-state index in [1.807, 2.05) is 13.8 Å². The van der Waals surface area contributed by atoms with Crippen LogP contribution in [0.25, 0.3) is 0 Å². The summed E-state index contributed by atoms with van der Waals surface area (Å²) in [6.07, 6.45) is 1.55. The van der Waals surface area contributed by atoms with Gasteiger partial charge in [0.25, 0.3) is 0 Å². The molecular formula is C11H20N2O3. The number of hydrogen-bond donors (Lipinski definition) is 2. The molecule has 1 aliphatic heterocycles. The minimum absolute atomic E-state index is 0.00435.